The molecule has 3 heteroatoms. The summed E-state index contributed by atoms with van der Waals surface area (Å²) < 4.78 is 0. The molecule has 2 rings (SSSR count). The maximum absolute atomic E-state index is 11.4. The number of likely N-dealkylation sites (tertiary alicyclic amines) is 1. The van der Waals surface area contributed by atoms with E-state index in [0.29, 0.717) is 12.6 Å². The van der Waals surface area contributed by atoms with E-state index in [1.54, 1.807) is 0 Å². The average molecular weight is 247 g/mol. The summed E-state index contributed by atoms with van der Waals surface area (Å²) in [5.74, 6) is -0.842. The predicted molar refractivity (Wildman–Crippen MR) is 71.8 cm³/mol. The van der Waals surface area contributed by atoms with Crippen molar-refractivity contribution in [3.05, 3.63) is 35.4 Å². The first-order valence-electron chi connectivity index (χ1n) is 6.53. The number of aliphatic carboxylic acids is 1. The Hall–Kier alpha value is -1.35. The normalized spacial score (nSPS) is 24.7. The van der Waals surface area contributed by atoms with Gasteiger partial charge in [-0.1, -0.05) is 24.3 Å². The highest BCUT2D eigenvalue weighted by atomic mass is 16.4. The number of carboxylic acid groups (broad SMARTS) is 1. The number of carbonyl (C=O) groups is 1. The van der Waals surface area contributed by atoms with Gasteiger partial charge in [0, 0.05) is 25.0 Å². The highest BCUT2D eigenvalue weighted by Gasteiger charge is 2.39. The van der Waals surface area contributed by atoms with Crippen molar-refractivity contribution < 1.29 is 9.90 Å². The summed E-state index contributed by atoms with van der Waals surface area (Å²) in [5, 5.41) is 9.41. The van der Waals surface area contributed by atoms with E-state index >= 15 is 0 Å². The van der Waals surface area contributed by atoms with E-state index in [-0.39, 0.29) is 11.8 Å². The zero-order valence-electron chi connectivity index (χ0n) is 11.3. The van der Waals surface area contributed by atoms with E-state index in [4.69, 9.17) is 0 Å². The Labute approximate surface area is 108 Å². The molecule has 1 aromatic carbocycles. The molecule has 0 amide bonds. The van der Waals surface area contributed by atoms with Gasteiger partial charge in [0.2, 0.25) is 0 Å². The van der Waals surface area contributed by atoms with Crippen LogP contribution in [0.1, 0.15) is 30.9 Å². The van der Waals surface area contributed by atoms with Gasteiger partial charge in [0.1, 0.15) is 0 Å². The Balaban J connectivity index is 2.30. The van der Waals surface area contributed by atoms with Gasteiger partial charge in [-0.15, -0.1) is 0 Å². The molecule has 0 aliphatic carbocycles. The third-order valence-electron chi connectivity index (χ3n) is 3.98. The Morgan fingerprint density at radius 3 is 2.56 bits per heavy atom. The summed E-state index contributed by atoms with van der Waals surface area (Å²) in [4.78, 5) is 13.7. The summed E-state index contributed by atoms with van der Waals surface area (Å²) >= 11 is 0. The molecule has 3 nitrogen and oxygen atoms in total. The minimum Gasteiger partial charge on any atom is -0.481 e. The topological polar surface area (TPSA) is 40.5 Å². The van der Waals surface area contributed by atoms with Gasteiger partial charge >= 0.3 is 5.97 Å². The summed E-state index contributed by atoms with van der Waals surface area (Å²) in [6, 6.07) is 8.54. The van der Waals surface area contributed by atoms with Gasteiger partial charge in [-0.05, 0) is 31.9 Å². The molecule has 2 atom stereocenters. The van der Waals surface area contributed by atoms with E-state index in [0.717, 1.165) is 6.54 Å². The first-order valence-corrected chi connectivity index (χ1v) is 6.53. The van der Waals surface area contributed by atoms with Crippen LogP contribution in [-0.2, 0) is 4.79 Å². The Kier molecular flexibility index (Phi) is 3.71. The zero-order valence-corrected chi connectivity index (χ0v) is 11.3. The quantitative estimate of drug-likeness (QED) is 0.892. The number of hydrogen-bond acceptors (Lipinski definition) is 2. The van der Waals surface area contributed by atoms with Crippen molar-refractivity contribution >= 4 is 5.97 Å². The van der Waals surface area contributed by atoms with Crippen molar-refractivity contribution in [1.82, 2.24) is 4.90 Å². The Bertz CT molecular complexity index is 442. The SMILES string of the molecule is Cc1ccccc1C1CN(C(C)C)CC1C(=O)O. The lowest BCUT2D eigenvalue weighted by molar-refractivity contribution is -0.141. The van der Waals surface area contributed by atoms with Crippen LogP contribution in [0.3, 0.4) is 0 Å². The average Bonchev–Trinajstić information content (AvgIpc) is 2.74. The largest absolute Gasteiger partial charge is 0.481 e. The minimum absolute atomic E-state index is 0.117. The van der Waals surface area contributed by atoms with Gasteiger partial charge in [0.05, 0.1) is 5.92 Å². The van der Waals surface area contributed by atoms with Crippen LogP contribution in [0.5, 0.6) is 0 Å². The Morgan fingerprint density at radius 1 is 1.33 bits per heavy atom. The van der Waals surface area contributed by atoms with Crippen molar-refractivity contribution in [1.29, 1.82) is 0 Å². The van der Waals surface area contributed by atoms with Gasteiger partial charge < -0.3 is 5.11 Å². The van der Waals surface area contributed by atoms with Crippen LogP contribution in [0.4, 0.5) is 0 Å². The van der Waals surface area contributed by atoms with E-state index in [9.17, 15) is 9.90 Å². The van der Waals surface area contributed by atoms with Crippen molar-refractivity contribution in [2.45, 2.75) is 32.7 Å². The molecular formula is C15H21NO2. The molecule has 0 aromatic heterocycles. The van der Waals surface area contributed by atoms with E-state index in [1.807, 2.05) is 12.1 Å². The maximum Gasteiger partial charge on any atom is 0.308 e. The molecule has 98 valence electrons. The van der Waals surface area contributed by atoms with Crippen LogP contribution in [0.25, 0.3) is 0 Å². The highest BCUT2D eigenvalue weighted by Crippen LogP contribution is 2.35. The monoisotopic (exact) mass is 247 g/mol. The van der Waals surface area contributed by atoms with E-state index in [2.05, 4.69) is 37.8 Å². The lowest BCUT2D eigenvalue weighted by Crippen LogP contribution is -2.29. The predicted octanol–water partition coefficient (Wildman–Crippen LogP) is 2.50. The first kappa shape index (κ1) is 13.1. The second-order valence-electron chi connectivity index (χ2n) is 5.46. The standard InChI is InChI=1S/C15H21NO2/c1-10(2)16-8-13(14(9-16)15(17)18)12-7-5-4-6-11(12)3/h4-7,10,13-14H,8-9H2,1-3H3,(H,17,18). The second-order valence-corrected chi connectivity index (χ2v) is 5.46. The highest BCUT2D eigenvalue weighted by molar-refractivity contribution is 5.72. The third kappa shape index (κ3) is 2.41. The second kappa shape index (κ2) is 5.11. The maximum atomic E-state index is 11.4. The van der Waals surface area contributed by atoms with Gasteiger partial charge in [0.15, 0.2) is 0 Å². The molecule has 0 bridgehead atoms. The molecule has 1 heterocycles. The van der Waals surface area contributed by atoms with E-state index in [1.165, 1.54) is 11.1 Å². The van der Waals surface area contributed by atoms with Crippen LogP contribution in [0.2, 0.25) is 0 Å². The molecule has 0 spiro atoms. The van der Waals surface area contributed by atoms with Gasteiger partial charge in [-0.3, -0.25) is 9.69 Å². The van der Waals surface area contributed by atoms with Gasteiger partial charge in [-0.2, -0.15) is 0 Å². The molecule has 1 fully saturated rings. The van der Waals surface area contributed by atoms with Gasteiger partial charge in [-0.25, -0.2) is 0 Å². The number of rotatable bonds is 3. The van der Waals surface area contributed by atoms with Crippen LogP contribution in [-0.4, -0.2) is 35.1 Å². The minimum atomic E-state index is -0.675. The number of hydrogen-bond donors (Lipinski definition) is 1. The van der Waals surface area contributed by atoms with Crippen molar-refractivity contribution in [3.63, 3.8) is 0 Å². The molecule has 1 aliphatic heterocycles. The number of aryl methyl sites for hydroxylation is 1. The van der Waals surface area contributed by atoms with E-state index < -0.39 is 5.97 Å². The summed E-state index contributed by atoms with van der Waals surface area (Å²) in [7, 11) is 0. The number of nitrogens with zero attached hydrogens (tertiary/aromatic N) is 1. The fourth-order valence-corrected chi connectivity index (χ4v) is 2.82. The van der Waals surface area contributed by atoms with Crippen LogP contribution >= 0.6 is 0 Å². The smallest absolute Gasteiger partial charge is 0.308 e. The molecule has 0 radical (unpaired) electrons. The molecule has 18 heavy (non-hydrogen) atoms. The van der Waals surface area contributed by atoms with Crippen LogP contribution in [0, 0.1) is 12.8 Å². The van der Waals surface area contributed by atoms with Crippen molar-refractivity contribution in [2.24, 2.45) is 5.92 Å². The molecular weight excluding hydrogens is 226 g/mol. The Morgan fingerprint density at radius 2 is 2.00 bits per heavy atom. The number of benzene rings is 1. The molecule has 2 unspecified atom stereocenters. The molecule has 1 N–H and O–H groups in total. The summed E-state index contributed by atoms with van der Waals surface area (Å²) in [5.41, 5.74) is 2.38. The van der Waals surface area contributed by atoms with Gasteiger partial charge in [0.25, 0.3) is 0 Å². The summed E-state index contributed by atoms with van der Waals surface area (Å²) in [6.07, 6.45) is 0. The first-order chi connectivity index (χ1) is 8.50. The fraction of sp³-hybridized carbons (Fsp3) is 0.533. The molecule has 0 saturated carbocycles. The number of carboxylic acids is 1. The lowest BCUT2D eigenvalue weighted by Gasteiger charge is -2.20. The van der Waals surface area contributed by atoms with Crippen LogP contribution < -0.4 is 0 Å². The van der Waals surface area contributed by atoms with Crippen LogP contribution in [0.15, 0.2) is 24.3 Å². The molecule has 1 saturated heterocycles. The molecule has 1 aromatic rings. The molecule has 1 aliphatic rings. The van der Waals surface area contributed by atoms with Crippen molar-refractivity contribution in [3.8, 4) is 0 Å². The zero-order chi connectivity index (χ0) is 13.3. The van der Waals surface area contributed by atoms with Crippen molar-refractivity contribution in [2.75, 3.05) is 13.1 Å². The fourth-order valence-electron chi connectivity index (χ4n) is 2.82. The lowest BCUT2D eigenvalue weighted by atomic mass is 9.86. The third-order valence-corrected chi connectivity index (χ3v) is 3.98. The summed E-state index contributed by atoms with van der Waals surface area (Å²) in [6.45, 7) is 7.82.